The molecular formula is C23H29BrN4O3. The molecule has 166 valence electrons. The van der Waals surface area contributed by atoms with E-state index in [1.165, 1.54) is 5.56 Å². The summed E-state index contributed by atoms with van der Waals surface area (Å²) in [6.45, 7) is 1.04. The summed E-state index contributed by atoms with van der Waals surface area (Å²) in [7, 11) is 5.52. The fraction of sp³-hybridized carbons (Fsp3) is 0.478. The van der Waals surface area contributed by atoms with Crippen LogP contribution in [0.2, 0.25) is 0 Å². The number of pyridine rings is 1. The van der Waals surface area contributed by atoms with Crippen molar-refractivity contribution in [3.05, 3.63) is 46.7 Å². The number of benzene rings is 1. The van der Waals surface area contributed by atoms with Crippen molar-refractivity contribution in [2.45, 2.75) is 43.2 Å². The number of ether oxygens (including phenoxy) is 2. The van der Waals surface area contributed by atoms with E-state index in [1.807, 2.05) is 12.1 Å². The number of carbonyl (C=O) groups excluding carboxylic acids is 1. The van der Waals surface area contributed by atoms with Crippen LogP contribution in [-0.2, 0) is 5.41 Å². The lowest BCUT2D eigenvalue weighted by Crippen LogP contribution is -2.52. The van der Waals surface area contributed by atoms with E-state index in [0.717, 1.165) is 48.2 Å². The topological polar surface area (TPSA) is 75.7 Å². The molecule has 2 aromatic rings. The molecule has 1 saturated heterocycles. The predicted octanol–water partition coefficient (Wildman–Crippen LogP) is 4.18. The highest BCUT2D eigenvalue weighted by Crippen LogP contribution is 2.49. The van der Waals surface area contributed by atoms with Crippen molar-refractivity contribution in [2.24, 2.45) is 0 Å². The van der Waals surface area contributed by atoms with Crippen molar-refractivity contribution in [1.82, 2.24) is 15.2 Å². The number of anilines is 1. The van der Waals surface area contributed by atoms with Crippen molar-refractivity contribution in [1.29, 1.82) is 0 Å². The largest absolute Gasteiger partial charge is 0.493 e. The van der Waals surface area contributed by atoms with E-state index in [4.69, 9.17) is 9.47 Å². The first-order valence-corrected chi connectivity index (χ1v) is 11.4. The Kier molecular flexibility index (Phi) is 6.39. The van der Waals surface area contributed by atoms with Gasteiger partial charge in [-0.3, -0.25) is 4.98 Å². The minimum atomic E-state index is -0.191. The van der Waals surface area contributed by atoms with Crippen LogP contribution in [0, 0.1) is 0 Å². The van der Waals surface area contributed by atoms with Gasteiger partial charge in [0.15, 0.2) is 11.5 Å². The number of amides is 2. The van der Waals surface area contributed by atoms with Gasteiger partial charge in [-0.15, -0.1) is 0 Å². The molecule has 1 aliphatic heterocycles. The number of aromatic nitrogens is 1. The molecule has 0 unspecified atom stereocenters. The standard InChI is InChI=1S/C23H29BrN4O3/c1-28-9-8-23(15-4-5-19(30-2)20(10-15)31-3)7-6-17(12-21(23)28)26-22(29)27-18-11-16(24)13-25-14-18/h4-5,10-11,13-14,17,21H,6-9,12H2,1-3H3,(H2,26,27,29)/t17-,21+,23+/m1/s1. The Bertz CT molecular complexity index is 956. The number of halogens is 1. The van der Waals surface area contributed by atoms with Gasteiger partial charge in [0, 0.05) is 28.2 Å². The van der Waals surface area contributed by atoms with Crippen LogP contribution in [-0.4, -0.2) is 55.8 Å². The number of hydrogen-bond donors (Lipinski definition) is 2. The van der Waals surface area contributed by atoms with Crippen molar-refractivity contribution in [2.75, 3.05) is 33.1 Å². The number of carbonyl (C=O) groups is 1. The van der Waals surface area contributed by atoms with Gasteiger partial charge in [0.1, 0.15) is 0 Å². The van der Waals surface area contributed by atoms with Gasteiger partial charge in [-0.25, -0.2) is 4.79 Å². The quantitative estimate of drug-likeness (QED) is 0.660. The fourth-order valence-electron chi connectivity index (χ4n) is 5.23. The minimum absolute atomic E-state index is 0.0666. The first kappa shape index (κ1) is 21.9. The van der Waals surface area contributed by atoms with E-state index in [2.05, 4.69) is 55.6 Å². The fourth-order valence-corrected chi connectivity index (χ4v) is 5.59. The van der Waals surface area contributed by atoms with Gasteiger partial charge in [0.05, 0.1) is 26.1 Å². The van der Waals surface area contributed by atoms with E-state index < -0.39 is 0 Å². The molecule has 7 nitrogen and oxygen atoms in total. The zero-order chi connectivity index (χ0) is 22.0. The zero-order valence-corrected chi connectivity index (χ0v) is 19.7. The molecule has 0 bridgehead atoms. The van der Waals surface area contributed by atoms with E-state index in [1.54, 1.807) is 26.6 Å². The number of nitrogens with one attached hydrogen (secondary N) is 2. The SMILES string of the molecule is COc1ccc([C@@]23CC[C@@H](NC(=O)Nc4cncc(Br)c4)C[C@@H]2N(C)CC3)cc1OC. The first-order valence-electron chi connectivity index (χ1n) is 10.6. The van der Waals surface area contributed by atoms with Crippen LogP contribution in [0.1, 0.15) is 31.2 Å². The van der Waals surface area contributed by atoms with Crippen molar-refractivity contribution >= 4 is 27.6 Å². The maximum atomic E-state index is 12.6. The minimum Gasteiger partial charge on any atom is -0.493 e. The van der Waals surface area contributed by atoms with E-state index in [-0.39, 0.29) is 17.5 Å². The number of hydrogen-bond acceptors (Lipinski definition) is 5. The molecule has 1 aromatic carbocycles. The number of fused-ring (bicyclic) bond motifs is 1. The number of rotatable bonds is 5. The highest BCUT2D eigenvalue weighted by atomic mass is 79.9. The Morgan fingerprint density at radius 3 is 2.74 bits per heavy atom. The van der Waals surface area contributed by atoms with Crippen LogP contribution in [0.15, 0.2) is 41.1 Å². The number of nitrogens with zero attached hydrogens (tertiary/aromatic N) is 2. The second-order valence-electron chi connectivity index (χ2n) is 8.43. The Balaban J connectivity index is 1.48. The van der Waals surface area contributed by atoms with E-state index in [9.17, 15) is 4.79 Å². The average molecular weight is 489 g/mol. The Morgan fingerprint density at radius 1 is 1.19 bits per heavy atom. The lowest BCUT2D eigenvalue weighted by atomic mass is 9.65. The molecule has 31 heavy (non-hydrogen) atoms. The van der Waals surface area contributed by atoms with Crippen molar-refractivity contribution in [3.8, 4) is 11.5 Å². The molecule has 4 rings (SSSR count). The molecule has 2 amide bonds. The van der Waals surface area contributed by atoms with Gasteiger partial charge in [-0.2, -0.15) is 0 Å². The van der Waals surface area contributed by atoms with Crippen molar-refractivity contribution in [3.63, 3.8) is 0 Å². The summed E-state index contributed by atoms with van der Waals surface area (Å²) in [5, 5.41) is 6.05. The molecule has 1 aromatic heterocycles. The molecule has 2 heterocycles. The van der Waals surface area contributed by atoms with Gasteiger partial charge < -0.3 is 25.0 Å². The third-order valence-corrected chi connectivity index (χ3v) is 7.22. The van der Waals surface area contributed by atoms with Crippen LogP contribution in [0.3, 0.4) is 0 Å². The second kappa shape index (κ2) is 9.04. The highest BCUT2D eigenvalue weighted by Gasteiger charge is 2.50. The lowest BCUT2D eigenvalue weighted by molar-refractivity contribution is 0.156. The van der Waals surface area contributed by atoms with E-state index >= 15 is 0 Å². The second-order valence-corrected chi connectivity index (χ2v) is 9.35. The molecular weight excluding hydrogens is 460 g/mol. The summed E-state index contributed by atoms with van der Waals surface area (Å²) in [5.74, 6) is 1.52. The monoisotopic (exact) mass is 488 g/mol. The first-order chi connectivity index (χ1) is 14.9. The lowest BCUT2D eigenvalue weighted by Gasteiger charge is -2.45. The Morgan fingerprint density at radius 2 is 2.00 bits per heavy atom. The third-order valence-electron chi connectivity index (χ3n) is 6.78. The summed E-state index contributed by atoms with van der Waals surface area (Å²) in [6.07, 6.45) is 7.29. The van der Waals surface area contributed by atoms with Crippen LogP contribution in [0.25, 0.3) is 0 Å². The van der Waals surface area contributed by atoms with Gasteiger partial charge >= 0.3 is 6.03 Å². The third kappa shape index (κ3) is 4.36. The smallest absolute Gasteiger partial charge is 0.319 e. The van der Waals surface area contributed by atoms with Crippen LogP contribution >= 0.6 is 15.9 Å². The predicted molar refractivity (Wildman–Crippen MR) is 124 cm³/mol. The van der Waals surface area contributed by atoms with E-state index in [0.29, 0.717) is 11.7 Å². The van der Waals surface area contributed by atoms with Gasteiger partial charge in [0.2, 0.25) is 0 Å². The van der Waals surface area contributed by atoms with Crippen LogP contribution in [0.4, 0.5) is 10.5 Å². The zero-order valence-electron chi connectivity index (χ0n) is 18.2. The summed E-state index contributed by atoms with van der Waals surface area (Å²) in [4.78, 5) is 19.1. The van der Waals surface area contributed by atoms with Crippen LogP contribution in [0.5, 0.6) is 11.5 Å². The number of urea groups is 1. The summed E-state index contributed by atoms with van der Waals surface area (Å²) < 4.78 is 11.8. The Labute approximate surface area is 191 Å². The summed E-state index contributed by atoms with van der Waals surface area (Å²) in [6, 6.07) is 8.43. The molecule has 2 fully saturated rings. The average Bonchev–Trinajstić information content (AvgIpc) is 3.10. The summed E-state index contributed by atoms with van der Waals surface area (Å²) in [5.41, 5.74) is 2.03. The molecule has 3 atom stereocenters. The maximum Gasteiger partial charge on any atom is 0.319 e. The van der Waals surface area contributed by atoms with Crippen molar-refractivity contribution < 1.29 is 14.3 Å². The molecule has 2 N–H and O–H groups in total. The van der Waals surface area contributed by atoms with Crippen LogP contribution < -0.4 is 20.1 Å². The summed E-state index contributed by atoms with van der Waals surface area (Å²) >= 11 is 3.38. The van der Waals surface area contributed by atoms with Gasteiger partial charge in [-0.1, -0.05) is 6.07 Å². The normalized spacial score (nSPS) is 25.5. The molecule has 1 saturated carbocycles. The maximum absolute atomic E-state index is 12.6. The molecule has 1 aliphatic carbocycles. The molecule has 0 radical (unpaired) electrons. The number of methoxy groups -OCH3 is 2. The number of likely N-dealkylation sites (N-methyl/N-ethyl adjacent to an activating group) is 1. The Hall–Kier alpha value is -2.32. The number of likely N-dealkylation sites (tertiary alicyclic amines) is 1. The molecule has 8 heteroatoms. The molecule has 2 aliphatic rings. The highest BCUT2D eigenvalue weighted by molar-refractivity contribution is 9.10. The molecule has 0 spiro atoms. The van der Waals surface area contributed by atoms with Gasteiger partial charge in [0.25, 0.3) is 0 Å². The van der Waals surface area contributed by atoms with Gasteiger partial charge in [-0.05, 0) is 79.0 Å².